The number of halogens is 1. The fraction of sp³-hybridized carbons (Fsp3) is 0.565. The zero-order valence-corrected chi connectivity index (χ0v) is 19.5. The van der Waals surface area contributed by atoms with Crippen molar-refractivity contribution in [2.75, 3.05) is 24.5 Å². The van der Waals surface area contributed by atoms with Crippen LogP contribution in [0.4, 0.5) is 10.1 Å². The Morgan fingerprint density at radius 2 is 1.93 bits per heavy atom. The number of hydrogen-bond donors (Lipinski definition) is 2. The summed E-state index contributed by atoms with van der Waals surface area (Å²) in [6.45, 7) is 15.1. The first-order valence-electron chi connectivity index (χ1n) is 10.9. The Morgan fingerprint density at radius 1 is 1.23 bits per heavy atom. The Balaban J connectivity index is 2.07. The number of rotatable bonds is 9. The second-order valence-corrected chi connectivity index (χ2v) is 7.68. The summed E-state index contributed by atoms with van der Waals surface area (Å²) in [5.41, 5.74) is 5.02. The zero-order valence-electron chi connectivity index (χ0n) is 19.5. The molecule has 2 rings (SSSR count). The highest BCUT2D eigenvalue weighted by Gasteiger charge is 2.14. The second kappa shape index (κ2) is 11.0. The smallest absolute Gasteiger partial charge is 0.191 e. The monoisotopic (exact) mass is 416 g/mol. The van der Waals surface area contributed by atoms with Crippen LogP contribution in [0.5, 0.6) is 0 Å². The molecule has 1 unspecified atom stereocenters. The van der Waals surface area contributed by atoms with Crippen molar-refractivity contribution in [1.29, 1.82) is 0 Å². The van der Waals surface area contributed by atoms with Gasteiger partial charge in [-0.1, -0.05) is 6.07 Å². The van der Waals surface area contributed by atoms with Gasteiger partial charge < -0.3 is 15.5 Å². The van der Waals surface area contributed by atoms with E-state index in [0.29, 0.717) is 12.2 Å². The molecule has 0 aliphatic carbocycles. The summed E-state index contributed by atoms with van der Waals surface area (Å²) in [5.74, 6) is 0.540. The lowest BCUT2D eigenvalue weighted by Gasteiger charge is -2.22. The van der Waals surface area contributed by atoms with E-state index in [1.807, 2.05) is 56.5 Å². The molecule has 1 atom stereocenters. The third-order valence-electron chi connectivity index (χ3n) is 5.43. The minimum absolute atomic E-state index is 0.186. The number of benzene rings is 1. The van der Waals surface area contributed by atoms with E-state index in [1.165, 1.54) is 11.3 Å². The zero-order chi connectivity index (χ0) is 22.3. The van der Waals surface area contributed by atoms with Crippen LogP contribution in [0.1, 0.15) is 50.2 Å². The van der Waals surface area contributed by atoms with E-state index in [4.69, 9.17) is 0 Å². The predicted molar refractivity (Wildman–Crippen MR) is 124 cm³/mol. The molecule has 7 heteroatoms. The van der Waals surface area contributed by atoms with Gasteiger partial charge in [-0.05, 0) is 71.2 Å². The minimum Gasteiger partial charge on any atom is -0.370 e. The molecule has 0 radical (unpaired) electrons. The first-order chi connectivity index (χ1) is 14.3. The third kappa shape index (κ3) is 5.97. The first-order valence-corrected chi connectivity index (χ1v) is 10.9. The summed E-state index contributed by atoms with van der Waals surface area (Å²) in [5, 5.41) is 11.2. The van der Waals surface area contributed by atoms with E-state index in [1.54, 1.807) is 6.07 Å². The van der Waals surface area contributed by atoms with E-state index < -0.39 is 0 Å². The number of nitrogens with one attached hydrogen (secondary N) is 2. The first kappa shape index (κ1) is 23.7. The number of guanidine groups is 1. The predicted octanol–water partition coefficient (Wildman–Crippen LogP) is 3.71. The van der Waals surface area contributed by atoms with Crippen molar-refractivity contribution in [3.05, 3.63) is 46.5 Å². The van der Waals surface area contributed by atoms with Crippen molar-refractivity contribution >= 4 is 11.6 Å². The summed E-state index contributed by atoms with van der Waals surface area (Å²) in [6.07, 6.45) is 0.864. The Hall–Kier alpha value is -2.57. The summed E-state index contributed by atoms with van der Waals surface area (Å²) in [7, 11) is 1.97. The van der Waals surface area contributed by atoms with Gasteiger partial charge in [0.25, 0.3) is 0 Å². The summed E-state index contributed by atoms with van der Waals surface area (Å²) in [6, 6.07) is 5.58. The maximum Gasteiger partial charge on any atom is 0.191 e. The highest BCUT2D eigenvalue weighted by molar-refractivity contribution is 5.80. The van der Waals surface area contributed by atoms with Crippen molar-refractivity contribution in [3.8, 4) is 0 Å². The molecule has 0 bridgehead atoms. The molecule has 0 saturated heterocycles. The Morgan fingerprint density at radius 3 is 2.47 bits per heavy atom. The highest BCUT2D eigenvalue weighted by Crippen LogP contribution is 2.21. The molecule has 1 aromatic heterocycles. The molecular weight excluding hydrogens is 379 g/mol. The summed E-state index contributed by atoms with van der Waals surface area (Å²) < 4.78 is 16.5. The van der Waals surface area contributed by atoms with Gasteiger partial charge in [-0.15, -0.1) is 0 Å². The number of aryl methyl sites for hydroxylation is 2. The Kier molecular flexibility index (Phi) is 8.69. The van der Waals surface area contributed by atoms with Gasteiger partial charge in [-0.3, -0.25) is 4.68 Å². The van der Waals surface area contributed by atoms with E-state index in [9.17, 15) is 4.39 Å². The van der Waals surface area contributed by atoms with E-state index in [-0.39, 0.29) is 11.9 Å². The Bertz CT molecular complexity index is 854. The van der Waals surface area contributed by atoms with E-state index in [2.05, 4.69) is 34.6 Å². The van der Waals surface area contributed by atoms with E-state index in [0.717, 1.165) is 43.3 Å². The van der Waals surface area contributed by atoms with Gasteiger partial charge in [0, 0.05) is 38.4 Å². The standard InChI is InChI=1S/C23H37FN6/c1-8-25-23(27-16(4)13-20-17(5)28-29(7)18(20)6)26-15-19-11-12-22(21(24)14-19)30(9-2)10-3/h11-12,14,16H,8-10,13,15H2,1-7H3,(H2,25,26,27). The van der Waals surface area contributed by atoms with Gasteiger partial charge in [0.15, 0.2) is 5.96 Å². The average molecular weight is 417 g/mol. The molecule has 0 spiro atoms. The number of nitrogens with zero attached hydrogens (tertiary/aromatic N) is 4. The van der Waals surface area contributed by atoms with Crippen LogP contribution in [0, 0.1) is 19.7 Å². The molecule has 0 aliphatic heterocycles. The maximum absolute atomic E-state index is 14.5. The van der Waals surface area contributed by atoms with Crippen LogP contribution in [-0.2, 0) is 20.0 Å². The van der Waals surface area contributed by atoms with Crippen LogP contribution in [0.15, 0.2) is 23.2 Å². The van der Waals surface area contributed by atoms with Crippen LogP contribution in [0.25, 0.3) is 0 Å². The van der Waals surface area contributed by atoms with Crippen molar-refractivity contribution in [1.82, 2.24) is 20.4 Å². The van der Waals surface area contributed by atoms with Crippen LogP contribution in [0.3, 0.4) is 0 Å². The molecule has 1 aromatic carbocycles. The molecule has 0 amide bonds. The molecule has 0 saturated carbocycles. The third-order valence-corrected chi connectivity index (χ3v) is 5.43. The van der Waals surface area contributed by atoms with Gasteiger partial charge in [0.05, 0.1) is 17.9 Å². The molecule has 2 aromatic rings. The molecule has 6 nitrogen and oxygen atoms in total. The van der Waals surface area contributed by atoms with Crippen molar-refractivity contribution < 1.29 is 4.39 Å². The number of anilines is 1. The van der Waals surface area contributed by atoms with Crippen molar-refractivity contribution in [2.45, 2.75) is 60.5 Å². The maximum atomic E-state index is 14.5. The van der Waals surface area contributed by atoms with Crippen LogP contribution >= 0.6 is 0 Å². The minimum atomic E-state index is -0.194. The van der Waals surface area contributed by atoms with Crippen LogP contribution in [-0.4, -0.2) is 41.4 Å². The molecule has 2 N–H and O–H groups in total. The number of hydrogen-bond acceptors (Lipinski definition) is 3. The molecular formula is C23H37FN6. The molecule has 0 fully saturated rings. The number of aliphatic imine (C=N–C) groups is 1. The van der Waals surface area contributed by atoms with Gasteiger partial charge in [0.1, 0.15) is 5.82 Å². The SMILES string of the molecule is CCNC(=NCc1ccc(N(CC)CC)c(F)c1)NC(C)Cc1c(C)nn(C)c1C. The lowest BCUT2D eigenvalue weighted by molar-refractivity contribution is 0.617. The van der Waals surface area contributed by atoms with Crippen LogP contribution < -0.4 is 15.5 Å². The molecule has 0 aliphatic rings. The van der Waals surface area contributed by atoms with Gasteiger partial charge in [-0.25, -0.2) is 9.38 Å². The lowest BCUT2D eigenvalue weighted by Crippen LogP contribution is -2.43. The molecule has 30 heavy (non-hydrogen) atoms. The van der Waals surface area contributed by atoms with Gasteiger partial charge >= 0.3 is 0 Å². The second-order valence-electron chi connectivity index (χ2n) is 7.68. The topological polar surface area (TPSA) is 57.5 Å². The summed E-state index contributed by atoms with van der Waals surface area (Å²) >= 11 is 0. The largest absolute Gasteiger partial charge is 0.370 e. The van der Waals surface area contributed by atoms with Crippen molar-refractivity contribution in [3.63, 3.8) is 0 Å². The van der Waals surface area contributed by atoms with Crippen LogP contribution in [0.2, 0.25) is 0 Å². The fourth-order valence-electron chi connectivity index (χ4n) is 3.66. The van der Waals surface area contributed by atoms with Gasteiger partial charge in [-0.2, -0.15) is 5.10 Å². The van der Waals surface area contributed by atoms with E-state index >= 15 is 0 Å². The lowest BCUT2D eigenvalue weighted by atomic mass is 10.1. The summed E-state index contributed by atoms with van der Waals surface area (Å²) in [4.78, 5) is 6.68. The normalized spacial score (nSPS) is 12.7. The molecule has 166 valence electrons. The number of aromatic nitrogens is 2. The quantitative estimate of drug-likeness (QED) is 0.483. The van der Waals surface area contributed by atoms with Crippen molar-refractivity contribution in [2.24, 2.45) is 12.0 Å². The fourth-order valence-corrected chi connectivity index (χ4v) is 3.66. The average Bonchev–Trinajstić information content (AvgIpc) is 2.94. The van der Waals surface area contributed by atoms with Gasteiger partial charge in [0.2, 0.25) is 0 Å². The highest BCUT2D eigenvalue weighted by atomic mass is 19.1. The molecule has 1 heterocycles. The Labute approximate surface area is 180 Å².